The van der Waals surface area contributed by atoms with Crippen molar-refractivity contribution in [3.05, 3.63) is 46.9 Å². The fraction of sp³-hybridized carbons (Fsp3) is 0.357. The number of nitroso groups, excluding NO2 is 1. The quantitative estimate of drug-likeness (QED) is 0.606. The van der Waals surface area contributed by atoms with Crippen LogP contribution in [0.2, 0.25) is 0 Å². The van der Waals surface area contributed by atoms with Crippen LogP contribution in [0.4, 0.5) is 5.69 Å². The lowest BCUT2D eigenvalue weighted by atomic mass is 9.93. The second-order valence-corrected chi connectivity index (χ2v) is 4.74. The van der Waals surface area contributed by atoms with Gasteiger partial charge in [0, 0.05) is 17.8 Å². The molecule has 4 nitrogen and oxygen atoms in total. The molecule has 18 heavy (non-hydrogen) atoms. The van der Waals surface area contributed by atoms with Gasteiger partial charge in [0.2, 0.25) is 0 Å². The summed E-state index contributed by atoms with van der Waals surface area (Å²) in [5, 5.41) is 2.73. The predicted octanol–water partition coefficient (Wildman–Crippen LogP) is 2.53. The highest BCUT2D eigenvalue weighted by molar-refractivity contribution is 6.06. The van der Waals surface area contributed by atoms with Crippen LogP contribution in [-0.4, -0.2) is 19.0 Å². The number of rotatable bonds is 3. The average molecular weight is 244 g/mol. The molecule has 1 aliphatic heterocycles. The molecule has 0 aromatic heterocycles. The van der Waals surface area contributed by atoms with Crippen molar-refractivity contribution in [1.29, 1.82) is 0 Å². The van der Waals surface area contributed by atoms with E-state index in [4.69, 9.17) is 0 Å². The van der Waals surface area contributed by atoms with Crippen molar-refractivity contribution in [3.63, 3.8) is 0 Å². The monoisotopic (exact) mass is 244 g/mol. The summed E-state index contributed by atoms with van der Waals surface area (Å²) in [6, 6.07) is 7.85. The molecular formula is C14H16N2O2. The first kappa shape index (κ1) is 12.5. The van der Waals surface area contributed by atoms with E-state index in [1.54, 1.807) is 4.90 Å². The van der Waals surface area contributed by atoms with Gasteiger partial charge in [-0.15, -0.1) is 0 Å². The molecule has 0 saturated carbocycles. The van der Waals surface area contributed by atoms with Crippen molar-refractivity contribution in [2.45, 2.75) is 13.3 Å². The Labute approximate surface area is 106 Å². The second-order valence-electron chi connectivity index (χ2n) is 4.74. The van der Waals surface area contributed by atoms with E-state index >= 15 is 0 Å². The van der Waals surface area contributed by atoms with Crippen LogP contribution in [0.25, 0.3) is 0 Å². The Bertz CT molecular complexity index is 496. The molecule has 1 aromatic carbocycles. The van der Waals surface area contributed by atoms with Gasteiger partial charge >= 0.3 is 0 Å². The third kappa shape index (κ3) is 2.32. The van der Waals surface area contributed by atoms with E-state index in [-0.39, 0.29) is 18.0 Å². The first-order valence-electron chi connectivity index (χ1n) is 6.00. The largest absolute Gasteiger partial charge is 0.308 e. The molecule has 94 valence electrons. The number of hydrogen-bond acceptors (Lipinski definition) is 3. The third-order valence-corrected chi connectivity index (χ3v) is 3.15. The summed E-state index contributed by atoms with van der Waals surface area (Å²) in [4.78, 5) is 24.2. The number of amides is 1. The maximum atomic E-state index is 12.2. The lowest BCUT2D eigenvalue weighted by Crippen LogP contribution is -2.40. The molecule has 1 heterocycles. The Balaban J connectivity index is 2.31. The summed E-state index contributed by atoms with van der Waals surface area (Å²) in [5.74, 6) is 0.203. The van der Waals surface area contributed by atoms with Crippen LogP contribution < -0.4 is 4.90 Å². The molecule has 0 radical (unpaired) electrons. The van der Waals surface area contributed by atoms with Gasteiger partial charge in [-0.2, -0.15) is 4.91 Å². The Morgan fingerprint density at radius 1 is 1.50 bits per heavy atom. The van der Waals surface area contributed by atoms with Gasteiger partial charge in [0.25, 0.3) is 5.91 Å². The summed E-state index contributed by atoms with van der Waals surface area (Å²) >= 11 is 0. The van der Waals surface area contributed by atoms with Gasteiger partial charge < -0.3 is 4.90 Å². The molecule has 0 N–H and O–H groups in total. The summed E-state index contributed by atoms with van der Waals surface area (Å²) in [6.45, 7) is 6.25. The molecule has 2 rings (SSSR count). The fourth-order valence-corrected chi connectivity index (χ4v) is 2.33. The highest BCUT2D eigenvalue weighted by Gasteiger charge is 2.27. The third-order valence-electron chi connectivity index (χ3n) is 3.15. The van der Waals surface area contributed by atoms with Gasteiger partial charge in [0.15, 0.2) is 0 Å². The second kappa shape index (κ2) is 5.12. The SMILES string of the molecule is C=C(CN=O)C(=O)N1CC(C)Cc2ccccc21. The maximum absolute atomic E-state index is 12.2. The van der Waals surface area contributed by atoms with E-state index in [9.17, 15) is 9.70 Å². The van der Waals surface area contributed by atoms with E-state index in [2.05, 4.69) is 18.7 Å². The number of fused-ring (bicyclic) bond motifs is 1. The highest BCUT2D eigenvalue weighted by Crippen LogP contribution is 2.30. The van der Waals surface area contributed by atoms with Crippen molar-refractivity contribution in [2.75, 3.05) is 18.0 Å². The zero-order valence-corrected chi connectivity index (χ0v) is 10.4. The molecule has 1 atom stereocenters. The number of para-hydroxylation sites is 1. The first-order chi connectivity index (χ1) is 8.63. The first-order valence-corrected chi connectivity index (χ1v) is 6.00. The maximum Gasteiger partial charge on any atom is 0.255 e. The molecule has 1 amide bonds. The van der Waals surface area contributed by atoms with E-state index in [1.807, 2.05) is 24.3 Å². The summed E-state index contributed by atoms with van der Waals surface area (Å²) < 4.78 is 0. The van der Waals surface area contributed by atoms with Crippen LogP contribution >= 0.6 is 0 Å². The van der Waals surface area contributed by atoms with E-state index in [1.165, 1.54) is 0 Å². The van der Waals surface area contributed by atoms with Crippen LogP contribution in [0.3, 0.4) is 0 Å². The lowest BCUT2D eigenvalue weighted by molar-refractivity contribution is -0.115. The van der Waals surface area contributed by atoms with Crippen LogP contribution in [0.5, 0.6) is 0 Å². The Morgan fingerprint density at radius 3 is 2.94 bits per heavy atom. The predicted molar refractivity (Wildman–Crippen MR) is 71.5 cm³/mol. The minimum Gasteiger partial charge on any atom is -0.308 e. The molecule has 1 aliphatic rings. The van der Waals surface area contributed by atoms with Crippen molar-refractivity contribution >= 4 is 11.6 Å². The highest BCUT2D eigenvalue weighted by atomic mass is 16.3. The topological polar surface area (TPSA) is 49.7 Å². The number of carbonyl (C=O) groups is 1. The van der Waals surface area contributed by atoms with Crippen LogP contribution in [-0.2, 0) is 11.2 Å². The molecule has 0 fully saturated rings. The molecule has 1 unspecified atom stereocenters. The average Bonchev–Trinajstić information content (AvgIpc) is 2.37. The zero-order chi connectivity index (χ0) is 13.1. The standard InChI is InChI=1S/C14H16N2O2/c1-10-7-12-5-3-4-6-13(12)16(9-10)14(17)11(2)8-15-18/h3-6,10H,2,7-9H2,1H3. The summed E-state index contributed by atoms with van der Waals surface area (Å²) in [6.07, 6.45) is 0.971. The smallest absolute Gasteiger partial charge is 0.255 e. The van der Waals surface area contributed by atoms with Crippen LogP contribution in [0.15, 0.2) is 41.6 Å². The minimum atomic E-state index is -0.200. The lowest BCUT2D eigenvalue weighted by Gasteiger charge is -2.33. The minimum absolute atomic E-state index is 0.147. The molecule has 0 spiro atoms. The Morgan fingerprint density at radius 2 is 2.22 bits per heavy atom. The summed E-state index contributed by atoms with van der Waals surface area (Å²) in [7, 11) is 0. The molecule has 1 aromatic rings. The fourth-order valence-electron chi connectivity index (χ4n) is 2.33. The van der Waals surface area contributed by atoms with Crippen molar-refractivity contribution < 1.29 is 4.79 Å². The molecule has 4 heteroatoms. The van der Waals surface area contributed by atoms with Gasteiger partial charge in [-0.3, -0.25) is 4.79 Å². The molecule has 0 saturated heterocycles. The normalized spacial score (nSPS) is 18.1. The van der Waals surface area contributed by atoms with Crippen LogP contribution in [0.1, 0.15) is 12.5 Å². The van der Waals surface area contributed by atoms with Gasteiger partial charge in [0.1, 0.15) is 6.54 Å². The van der Waals surface area contributed by atoms with E-state index in [0.29, 0.717) is 12.5 Å². The van der Waals surface area contributed by atoms with E-state index in [0.717, 1.165) is 17.7 Å². The van der Waals surface area contributed by atoms with E-state index < -0.39 is 0 Å². The number of anilines is 1. The number of benzene rings is 1. The number of nitrogens with zero attached hydrogens (tertiary/aromatic N) is 2. The van der Waals surface area contributed by atoms with Crippen molar-refractivity contribution in [3.8, 4) is 0 Å². The van der Waals surface area contributed by atoms with Gasteiger partial charge in [-0.1, -0.05) is 36.9 Å². The Hall–Kier alpha value is -1.97. The van der Waals surface area contributed by atoms with Crippen molar-refractivity contribution in [1.82, 2.24) is 0 Å². The molecule has 0 aliphatic carbocycles. The zero-order valence-electron chi connectivity index (χ0n) is 10.4. The van der Waals surface area contributed by atoms with Crippen molar-refractivity contribution in [2.24, 2.45) is 11.1 Å². The molecular weight excluding hydrogens is 228 g/mol. The van der Waals surface area contributed by atoms with Gasteiger partial charge in [-0.05, 0) is 24.0 Å². The number of carbonyl (C=O) groups excluding carboxylic acids is 1. The Kier molecular flexibility index (Phi) is 3.55. The number of hydrogen-bond donors (Lipinski definition) is 0. The van der Waals surface area contributed by atoms with Gasteiger partial charge in [-0.25, -0.2) is 0 Å². The van der Waals surface area contributed by atoms with Crippen LogP contribution in [0, 0.1) is 10.8 Å². The van der Waals surface area contributed by atoms with Gasteiger partial charge in [0.05, 0.1) is 0 Å². The summed E-state index contributed by atoms with van der Waals surface area (Å²) in [5.41, 5.74) is 2.33. The molecule has 0 bridgehead atoms.